The smallest absolute Gasteiger partial charge is 0.258 e. The number of aromatic nitrogens is 2. The van der Waals surface area contributed by atoms with Crippen molar-refractivity contribution in [3.63, 3.8) is 0 Å². The minimum Gasteiger partial charge on any atom is -0.416 e. The van der Waals surface area contributed by atoms with Gasteiger partial charge in [0.1, 0.15) is 0 Å². The lowest BCUT2D eigenvalue weighted by Gasteiger charge is -2.30. The summed E-state index contributed by atoms with van der Waals surface area (Å²) in [6.07, 6.45) is 1.99. The van der Waals surface area contributed by atoms with Crippen LogP contribution < -0.4 is 4.90 Å². The Labute approximate surface area is 181 Å². The minimum absolute atomic E-state index is 0.0160. The molecule has 0 saturated heterocycles. The van der Waals surface area contributed by atoms with Gasteiger partial charge in [0.25, 0.3) is 5.91 Å². The van der Waals surface area contributed by atoms with Crippen LogP contribution in [-0.2, 0) is 6.42 Å². The number of benzene rings is 3. The van der Waals surface area contributed by atoms with E-state index in [4.69, 9.17) is 4.42 Å². The predicted octanol–water partition coefficient (Wildman–Crippen LogP) is 5.61. The number of anilines is 1. The third kappa shape index (κ3) is 3.75. The number of hydrogen-bond donors (Lipinski definition) is 0. The van der Waals surface area contributed by atoms with Gasteiger partial charge >= 0.3 is 0 Å². The van der Waals surface area contributed by atoms with E-state index in [0.29, 0.717) is 17.3 Å². The summed E-state index contributed by atoms with van der Waals surface area (Å²) in [5.41, 5.74) is 6.98. The fourth-order valence-corrected chi connectivity index (χ4v) is 4.00. The van der Waals surface area contributed by atoms with Gasteiger partial charge in [0.15, 0.2) is 0 Å². The van der Waals surface area contributed by atoms with Crippen LogP contribution in [0.25, 0.3) is 22.9 Å². The highest BCUT2D eigenvalue weighted by Gasteiger charge is 2.23. The van der Waals surface area contributed by atoms with E-state index in [9.17, 15) is 4.79 Å². The first kappa shape index (κ1) is 19.2. The van der Waals surface area contributed by atoms with Gasteiger partial charge in [0, 0.05) is 28.9 Å². The number of carbonyl (C=O) groups excluding carboxylic acids is 1. The fourth-order valence-electron chi connectivity index (χ4n) is 4.00. The van der Waals surface area contributed by atoms with Crippen LogP contribution >= 0.6 is 0 Å². The normalized spacial score (nSPS) is 13.2. The largest absolute Gasteiger partial charge is 0.416 e. The van der Waals surface area contributed by atoms with Crippen molar-refractivity contribution in [1.29, 1.82) is 0 Å². The molecule has 5 nitrogen and oxygen atoms in total. The summed E-state index contributed by atoms with van der Waals surface area (Å²) in [7, 11) is 0. The summed E-state index contributed by atoms with van der Waals surface area (Å²) in [5, 5.41) is 8.34. The van der Waals surface area contributed by atoms with Gasteiger partial charge in [-0.2, -0.15) is 0 Å². The average molecular weight is 409 g/mol. The first-order valence-corrected chi connectivity index (χ1v) is 10.5. The highest BCUT2D eigenvalue weighted by molar-refractivity contribution is 6.07. The van der Waals surface area contributed by atoms with Gasteiger partial charge in [-0.1, -0.05) is 35.4 Å². The predicted molar refractivity (Wildman–Crippen MR) is 121 cm³/mol. The molecule has 1 aliphatic rings. The standard InChI is InChI=1S/C26H23N3O2/c1-17-5-8-19(9-6-17)24-27-28-25(31-24)20-10-12-21(13-11-20)26(30)29-15-3-4-22-16-18(2)7-14-23(22)29/h5-14,16H,3-4,15H2,1-2H3. The molecule has 0 spiro atoms. The molecule has 0 atom stereocenters. The number of rotatable bonds is 3. The molecule has 0 saturated carbocycles. The molecular formula is C26H23N3O2. The third-order valence-corrected chi connectivity index (χ3v) is 5.70. The maximum Gasteiger partial charge on any atom is 0.258 e. The molecular weight excluding hydrogens is 386 g/mol. The zero-order valence-electron chi connectivity index (χ0n) is 17.6. The number of nitrogens with zero attached hydrogens (tertiary/aromatic N) is 3. The Kier molecular flexibility index (Phi) is 4.86. The number of amides is 1. The molecule has 1 aliphatic heterocycles. The Balaban J connectivity index is 1.38. The van der Waals surface area contributed by atoms with Crippen LogP contribution in [0.3, 0.4) is 0 Å². The maximum absolute atomic E-state index is 13.2. The zero-order chi connectivity index (χ0) is 21.4. The number of fused-ring (bicyclic) bond motifs is 1. The topological polar surface area (TPSA) is 59.2 Å². The van der Waals surface area contributed by atoms with E-state index in [1.807, 2.05) is 60.4 Å². The summed E-state index contributed by atoms with van der Waals surface area (Å²) >= 11 is 0. The number of hydrogen-bond acceptors (Lipinski definition) is 4. The average Bonchev–Trinajstić information content (AvgIpc) is 3.29. The van der Waals surface area contributed by atoms with E-state index in [-0.39, 0.29) is 5.91 Å². The molecule has 154 valence electrons. The summed E-state index contributed by atoms with van der Waals surface area (Å²) in [5.74, 6) is 0.936. The molecule has 0 N–H and O–H groups in total. The molecule has 1 aromatic heterocycles. The van der Waals surface area contributed by atoms with Gasteiger partial charge in [-0.15, -0.1) is 10.2 Å². The molecule has 0 aliphatic carbocycles. The van der Waals surface area contributed by atoms with Crippen LogP contribution in [0.15, 0.2) is 71.1 Å². The second-order valence-electron chi connectivity index (χ2n) is 8.05. The van der Waals surface area contributed by atoms with Crippen molar-refractivity contribution < 1.29 is 9.21 Å². The van der Waals surface area contributed by atoms with E-state index in [1.54, 1.807) is 0 Å². The Hall–Kier alpha value is -3.73. The van der Waals surface area contributed by atoms with Crippen molar-refractivity contribution >= 4 is 11.6 Å². The van der Waals surface area contributed by atoms with E-state index in [1.165, 1.54) is 16.7 Å². The zero-order valence-corrected chi connectivity index (χ0v) is 17.6. The van der Waals surface area contributed by atoms with Crippen molar-refractivity contribution in [1.82, 2.24) is 10.2 Å². The van der Waals surface area contributed by atoms with Crippen molar-refractivity contribution in [2.75, 3.05) is 11.4 Å². The second kappa shape index (κ2) is 7.84. The molecule has 5 heteroatoms. The van der Waals surface area contributed by atoms with Gasteiger partial charge in [-0.3, -0.25) is 4.79 Å². The Morgan fingerprint density at radius 2 is 1.45 bits per heavy atom. The van der Waals surface area contributed by atoms with Crippen LogP contribution in [0.1, 0.15) is 33.5 Å². The van der Waals surface area contributed by atoms with Crippen molar-refractivity contribution in [2.24, 2.45) is 0 Å². The lowest BCUT2D eigenvalue weighted by Crippen LogP contribution is -2.35. The lowest BCUT2D eigenvalue weighted by molar-refractivity contribution is 0.0985. The molecule has 0 unspecified atom stereocenters. The molecule has 0 fully saturated rings. The molecule has 3 aromatic carbocycles. The number of carbonyl (C=O) groups is 1. The Morgan fingerprint density at radius 1 is 0.839 bits per heavy atom. The SMILES string of the molecule is Cc1ccc(-c2nnc(-c3ccc(C(=O)N4CCCc5cc(C)ccc54)cc3)o2)cc1. The molecule has 5 rings (SSSR count). The molecule has 0 radical (unpaired) electrons. The Morgan fingerprint density at radius 3 is 2.13 bits per heavy atom. The van der Waals surface area contributed by atoms with Crippen LogP contribution in [0.4, 0.5) is 5.69 Å². The van der Waals surface area contributed by atoms with E-state index in [0.717, 1.165) is 36.2 Å². The quantitative estimate of drug-likeness (QED) is 0.441. The van der Waals surface area contributed by atoms with Gasteiger partial charge in [0.05, 0.1) is 0 Å². The molecule has 0 bridgehead atoms. The second-order valence-corrected chi connectivity index (χ2v) is 8.05. The molecule has 4 aromatic rings. The monoisotopic (exact) mass is 409 g/mol. The number of aryl methyl sites for hydroxylation is 3. The van der Waals surface area contributed by atoms with Gasteiger partial charge in [0.2, 0.25) is 11.8 Å². The first-order valence-electron chi connectivity index (χ1n) is 10.5. The van der Waals surface area contributed by atoms with Crippen molar-refractivity contribution in [3.8, 4) is 22.9 Å². The maximum atomic E-state index is 13.2. The van der Waals surface area contributed by atoms with Gasteiger partial charge in [-0.05, 0) is 74.7 Å². The van der Waals surface area contributed by atoms with Crippen molar-refractivity contribution in [3.05, 3.63) is 89.0 Å². The van der Waals surface area contributed by atoms with Gasteiger partial charge < -0.3 is 9.32 Å². The van der Waals surface area contributed by atoms with Crippen LogP contribution in [0.2, 0.25) is 0 Å². The lowest BCUT2D eigenvalue weighted by atomic mass is 9.98. The van der Waals surface area contributed by atoms with Gasteiger partial charge in [-0.25, -0.2) is 0 Å². The van der Waals surface area contributed by atoms with E-state index < -0.39 is 0 Å². The minimum atomic E-state index is 0.0160. The fraction of sp³-hybridized carbons (Fsp3) is 0.192. The van der Waals surface area contributed by atoms with E-state index in [2.05, 4.69) is 35.3 Å². The Bertz CT molecular complexity index is 1240. The van der Waals surface area contributed by atoms with Crippen molar-refractivity contribution in [2.45, 2.75) is 26.7 Å². The molecule has 31 heavy (non-hydrogen) atoms. The first-order chi connectivity index (χ1) is 15.1. The molecule has 1 amide bonds. The summed E-state index contributed by atoms with van der Waals surface area (Å²) in [4.78, 5) is 15.1. The van der Waals surface area contributed by atoms with Crippen LogP contribution in [-0.4, -0.2) is 22.6 Å². The van der Waals surface area contributed by atoms with E-state index >= 15 is 0 Å². The highest BCUT2D eigenvalue weighted by Crippen LogP contribution is 2.30. The third-order valence-electron chi connectivity index (χ3n) is 5.70. The van der Waals surface area contributed by atoms with Crippen LogP contribution in [0.5, 0.6) is 0 Å². The summed E-state index contributed by atoms with van der Waals surface area (Å²) in [6, 6.07) is 21.6. The van der Waals surface area contributed by atoms with Crippen LogP contribution in [0, 0.1) is 13.8 Å². The summed E-state index contributed by atoms with van der Waals surface area (Å²) < 4.78 is 5.85. The summed E-state index contributed by atoms with van der Waals surface area (Å²) in [6.45, 7) is 4.86. The molecule has 2 heterocycles. The highest BCUT2D eigenvalue weighted by atomic mass is 16.4.